The van der Waals surface area contributed by atoms with Gasteiger partial charge in [0.1, 0.15) is 6.20 Å². The van der Waals surface area contributed by atoms with Crippen molar-refractivity contribution in [2.75, 3.05) is 11.9 Å². The van der Waals surface area contributed by atoms with Crippen LogP contribution in [0.3, 0.4) is 0 Å². The van der Waals surface area contributed by atoms with Gasteiger partial charge in [0, 0.05) is 11.6 Å². The topological polar surface area (TPSA) is 97.2 Å². The van der Waals surface area contributed by atoms with Crippen LogP contribution >= 0.6 is 22.9 Å². The maximum absolute atomic E-state index is 11.7. The molecule has 0 saturated carbocycles. The van der Waals surface area contributed by atoms with Crippen LogP contribution in [0, 0.1) is 10.1 Å². The Morgan fingerprint density at radius 3 is 2.86 bits per heavy atom. The number of halogens is 1. The van der Waals surface area contributed by atoms with Gasteiger partial charge in [0.15, 0.2) is 5.13 Å². The molecule has 1 amide bonds. The number of benzene rings is 1. The predicted molar refractivity (Wildman–Crippen MR) is 80.6 cm³/mol. The Morgan fingerprint density at radius 1 is 1.43 bits per heavy atom. The van der Waals surface area contributed by atoms with Crippen LogP contribution in [0.1, 0.15) is 5.56 Å². The summed E-state index contributed by atoms with van der Waals surface area (Å²) in [5.41, 5.74) is 0.886. The van der Waals surface area contributed by atoms with Gasteiger partial charge < -0.3 is 10.6 Å². The van der Waals surface area contributed by atoms with Crippen molar-refractivity contribution >= 4 is 39.0 Å². The lowest BCUT2D eigenvalue weighted by atomic mass is 10.2. The second-order valence-corrected chi connectivity index (χ2v) is 5.42. The second-order valence-electron chi connectivity index (χ2n) is 4.00. The fourth-order valence-corrected chi connectivity index (χ4v) is 2.37. The standard InChI is InChI=1S/C12H11ClN4O3S/c13-9-4-2-1-3-8(9)5-14-6-10(18)16-12-15-7-11(21-12)17(19)20/h1-4,7,14H,5-6H2,(H,15,16,18). The van der Waals surface area contributed by atoms with Crippen molar-refractivity contribution in [3.63, 3.8) is 0 Å². The van der Waals surface area contributed by atoms with Crippen LogP contribution in [0.15, 0.2) is 30.5 Å². The van der Waals surface area contributed by atoms with Gasteiger partial charge in [-0.1, -0.05) is 29.8 Å². The van der Waals surface area contributed by atoms with Gasteiger partial charge in [0.05, 0.1) is 11.5 Å². The molecule has 0 fully saturated rings. The molecule has 21 heavy (non-hydrogen) atoms. The summed E-state index contributed by atoms with van der Waals surface area (Å²) < 4.78 is 0. The number of carbonyl (C=O) groups is 1. The molecule has 0 unspecified atom stereocenters. The highest BCUT2D eigenvalue weighted by Crippen LogP contribution is 2.24. The Morgan fingerprint density at radius 2 is 2.19 bits per heavy atom. The third kappa shape index (κ3) is 4.48. The van der Waals surface area contributed by atoms with E-state index in [-0.39, 0.29) is 22.6 Å². The smallest absolute Gasteiger partial charge is 0.304 e. The maximum atomic E-state index is 11.7. The molecule has 1 aromatic carbocycles. The minimum atomic E-state index is -0.553. The number of nitro groups is 1. The number of anilines is 1. The number of nitrogens with zero attached hydrogens (tertiary/aromatic N) is 2. The molecule has 2 N–H and O–H groups in total. The Hall–Kier alpha value is -2.03. The number of thiazole rings is 1. The summed E-state index contributed by atoms with van der Waals surface area (Å²) in [4.78, 5) is 25.4. The molecule has 0 bridgehead atoms. The summed E-state index contributed by atoms with van der Waals surface area (Å²) in [5.74, 6) is -0.327. The average Bonchev–Trinajstić information content (AvgIpc) is 2.89. The molecule has 110 valence electrons. The first-order valence-electron chi connectivity index (χ1n) is 5.90. The quantitative estimate of drug-likeness (QED) is 0.627. The normalized spacial score (nSPS) is 10.3. The molecule has 0 aliphatic rings. The van der Waals surface area contributed by atoms with Crippen LogP contribution in [-0.2, 0) is 11.3 Å². The third-order valence-electron chi connectivity index (χ3n) is 2.48. The highest BCUT2D eigenvalue weighted by Gasteiger charge is 2.13. The van der Waals surface area contributed by atoms with Gasteiger partial charge in [-0.25, -0.2) is 4.98 Å². The van der Waals surface area contributed by atoms with Crippen molar-refractivity contribution in [3.05, 3.63) is 51.2 Å². The molecule has 0 aliphatic carbocycles. The minimum Gasteiger partial charge on any atom is -0.304 e. The molecule has 0 atom stereocenters. The lowest BCUT2D eigenvalue weighted by Gasteiger charge is -2.06. The lowest BCUT2D eigenvalue weighted by Crippen LogP contribution is -2.27. The van der Waals surface area contributed by atoms with E-state index >= 15 is 0 Å². The summed E-state index contributed by atoms with van der Waals surface area (Å²) in [6, 6.07) is 7.32. The number of rotatable bonds is 6. The summed E-state index contributed by atoms with van der Waals surface area (Å²) in [7, 11) is 0. The summed E-state index contributed by atoms with van der Waals surface area (Å²) in [6.07, 6.45) is 1.11. The van der Waals surface area contributed by atoms with Crippen LogP contribution in [0.2, 0.25) is 5.02 Å². The predicted octanol–water partition coefficient (Wildman–Crippen LogP) is 2.43. The van der Waals surface area contributed by atoms with Crippen LogP contribution in [0.25, 0.3) is 0 Å². The largest absolute Gasteiger partial charge is 0.345 e. The van der Waals surface area contributed by atoms with Crippen molar-refractivity contribution in [1.82, 2.24) is 10.3 Å². The highest BCUT2D eigenvalue weighted by molar-refractivity contribution is 7.18. The molecule has 1 aromatic heterocycles. The molecule has 0 aliphatic heterocycles. The average molecular weight is 327 g/mol. The number of aromatic nitrogens is 1. The van der Waals surface area contributed by atoms with Crippen LogP contribution < -0.4 is 10.6 Å². The molecule has 7 nitrogen and oxygen atoms in total. The van der Waals surface area contributed by atoms with E-state index in [1.54, 1.807) is 6.07 Å². The number of carbonyl (C=O) groups excluding carboxylic acids is 1. The van der Waals surface area contributed by atoms with E-state index in [2.05, 4.69) is 15.6 Å². The van der Waals surface area contributed by atoms with Crippen molar-refractivity contribution < 1.29 is 9.72 Å². The van der Waals surface area contributed by atoms with Gasteiger partial charge in [-0.2, -0.15) is 0 Å². The molecule has 0 spiro atoms. The molecule has 1 heterocycles. The minimum absolute atomic E-state index is 0.0542. The molecular weight excluding hydrogens is 316 g/mol. The number of hydrogen-bond donors (Lipinski definition) is 2. The van der Waals surface area contributed by atoms with E-state index in [0.29, 0.717) is 11.6 Å². The van der Waals surface area contributed by atoms with Gasteiger partial charge in [0.2, 0.25) is 5.91 Å². The van der Waals surface area contributed by atoms with Crippen LogP contribution in [0.4, 0.5) is 10.1 Å². The van der Waals surface area contributed by atoms with Crippen LogP contribution in [-0.4, -0.2) is 22.4 Å². The summed E-state index contributed by atoms with van der Waals surface area (Å²) in [5, 5.41) is 16.6. The molecule has 0 saturated heterocycles. The van der Waals surface area contributed by atoms with Crippen LogP contribution in [0.5, 0.6) is 0 Å². The SMILES string of the molecule is O=C(CNCc1ccccc1Cl)Nc1ncc([N+](=O)[O-])s1. The van der Waals surface area contributed by atoms with Gasteiger partial charge in [-0.05, 0) is 23.0 Å². The monoisotopic (exact) mass is 326 g/mol. The van der Waals surface area contributed by atoms with E-state index in [4.69, 9.17) is 11.6 Å². The van der Waals surface area contributed by atoms with Gasteiger partial charge >= 0.3 is 5.00 Å². The maximum Gasteiger partial charge on any atom is 0.345 e. The second kappa shape index (κ2) is 7.11. The molecular formula is C12H11ClN4O3S. The van der Waals surface area contributed by atoms with E-state index in [9.17, 15) is 14.9 Å². The Kier molecular flexibility index (Phi) is 5.20. The molecule has 2 aromatic rings. The summed E-state index contributed by atoms with van der Waals surface area (Å²) >= 11 is 6.80. The van der Waals surface area contributed by atoms with Crippen molar-refractivity contribution in [1.29, 1.82) is 0 Å². The van der Waals surface area contributed by atoms with Gasteiger partial charge in [0.25, 0.3) is 0 Å². The molecule has 9 heteroatoms. The molecule has 2 rings (SSSR count). The zero-order valence-electron chi connectivity index (χ0n) is 10.7. The Bertz CT molecular complexity index is 661. The van der Waals surface area contributed by atoms with E-state index in [1.807, 2.05) is 18.2 Å². The van der Waals surface area contributed by atoms with Crippen molar-refractivity contribution in [3.8, 4) is 0 Å². The zero-order chi connectivity index (χ0) is 15.2. The zero-order valence-corrected chi connectivity index (χ0v) is 12.3. The fourth-order valence-electron chi connectivity index (χ4n) is 1.52. The third-order valence-corrected chi connectivity index (χ3v) is 3.71. The Labute approximate surface area is 129 Å². The number of nitrogens with one attached hydrogen (secondary N) is 2. The summed E-state index contributed by atoms with van der Waals surface area (Å²) in [6.45, 7) is 0.504. The Balaban J connectivity index is 1.79. The first-order chi connectivity index (χ1) is 10.1. The lowest BCUT2D eigenvalue weighted by molar-refractivity contribution is -0.380. The molecule has 0 radical (unpaired) electrons. The van der Waals surface area contributed by atoms with Gasteiger partial charge in [-0.15, -0.1) is 0 Å². The van der Waals surface area contributed by atoms with E-state index < -0.39 is 4.92 Å². The highest BCUT2D eigenvalue weighted by atomic mass is 35.5. The first kappa shape index (κ1) is 15.4. The first-order valence-corrected chi connectivity index (χ1v) is 7.10. The fraction of sp³-hybridized carbons (Fsp3) is 0.167. The van der Waals surface area contributed by atoms with Crippen molar-refractivity contribution in [2.45, 2.75) is 6.54 Å². The van der Waals surface area contributed by atoms with E-state index in [1.165, 1.54) is 0 Å². The van der Waals surface area contributed by atoms with E-state index in [0.717, 1.165) is 23.1 Å². The van der Waals surface area contributed by atoms with Gasteiger partial charge in [-0.3, -0.25) is 14.9 Å². The number of hydrogen-bond acceptors (Lipinski definition) is 6. The number of amides is 1. The van der Waals surface area contributed by atoms with Crippen molar-refractivity contribution in [2.24, 2.45) is 0 Å².